The summed E-state index contributed by atoms with van der Waals surface area (Å²) < 4.78 is 5.09. The molecule has 0 radical (unpaired) electrons. The van der Waals surface area contributed by atoms with Crippen LogP contribution >= 0.6 is 11.3 Å². The number of hydrogen-bond acceptors (Lipinski definition) is 5. The van der Waals surface area contributed by atoms with Crippen molar-refractivity contribution in [3.8, 4) is 0 Å². The summed E-state index contributed by atoms with van der Waals surface area (Å²) in [5.41, 5.74) is 0.853. The molecule has 2 atom stereocenters. The SMILES string of the molecule is Cc1cc(NC(=O)c2ccco2)sc1C(=O)NC[C@H](C)N1CCC[C@@H](C)C1. The monoisotopic (exact) mass is 389 g/mol. The summed E-state index contributed by atoms with van der Waals surface area (Å²) in [7, 11) is 0. The number of carbonyl (C=O) groups is 2. The van der Waals surface area contributed by atoms with E-state index in [0.29, 0.717) is 22.5 Å². The Labute approximate surface area is 163 Å². The third-order valence-electron chi connectivity index (χ3n) is 4.98. The van der Waals surface area contributed by atoms with Gasteiger partial charge in [0.05, 0.1) is 16.1 Å². The molecule has 146 valence electrons. The molecule has 1 fully saturated rings. The molecule has 0 aliphatic carbocycles. The smallest absolute Gasteiger partial charge is 0.291 e. The second-order valence-electron chi connectivity index (χ2n) is 7.36. The molecule has 2 N–H and O–H groups in total. The van der Waals surface area contributed by atoms with Gasteiger partial charge in [0.25, 0.3) is 11.8 Å². The van der Waals surface area contributed by atoms with Gasteiger partial charge in [0.1, 0.15) is 0 Å². The minimum atomic E-state index is -0.318. The van der Waals surface area contributed by atoms with Crippen LogP contribution < -0.4 is 10.6 Å². The molecule has 27 heavy (non-hydrogen) atoms. The number of likely N-dealkylation sites (tertiary alicyclic amines) is 1. The normalized spacial score (nSPS) is 18.9. The zero-order valence-electron chi connectivity index (χ0n) is 16.1. The molecule has 0 bridgehead atoms. The zero-order valence-corrected chi connectivity index (χ0v) is 16.9. The fourth-order valence-electron chi connectivity index (χ4n) is 3.43. The average molecular weight is 390 g/mol. The van der Waals surface area contributed by atoms with E-state index in [0.717, 1.165) is 24.6 Å². The summed E-state index contributed by atoms with van der Waals surface area (Å²) in [6, 6.07) is 5.40. The van der Waals surface area contributed by atoms with Gasteiger partial charge in [-0.3, -0.25) is 14.5 Å². The van der Waals surface area contributed by atoms with Crippen LogP contribution in [-0.4, -0.2) is 42.4 Å². The summed E-state index contributed by atoms with van der Waals surface area (Å²) in [4.78, 5) is 27.8. The molecule has 1 aliphatic heterocycles. The molecular weight excluding hydrogens is 362 g/mol. The molecule has 0 aromatic carbocycles. The number of thiophene rings is 1. The van der Waals surface area contributed by atoms with Crippen LogP contribution in [0.3, 0.4) is 0 Å². The zero-order chi connectivity index (χ0) is 19.4. The Kier molecular flexibility index (Phi) is 6.34. The second-order valence-corrected chi connectivity index (χ2v) is 8.41. The lowest BCUT2D eigenvalue weighted by Crippen LogP contribution is -2.46. The van der Waals surface area contributed by atoms with E-state index < -0.39 is 0 Å². The van der Waals surface area contributed by atoms with Crippen molar-refractivity contribution < 1.29 is 14.0 Å². The number of rotatable bonds is 6. The Hall–Kier alpha value is -2.12. The number of carbonyl (C=O) groups excluding carboxylic acids is 2. The van der Waals surface area contributed by atoms with Crippen LogP contribution in [0.1, 0.15) is 52.5 Å². The van der Waals surface area contributed by atoms with Crippen molar-refractivity contribution in [1.29, 1.82) is 0 Å². The van der Waals surface area contributed by atoms with Crippen LogP contribution in [-0.2, 0) is 0 Å². The average Bonchev–Trinajstić information content (AvgIpc) is 3.29. The minimum absolute atomic E-state index is 0.0899. The van der Waals surface area contributed by atoms with Crippen molar-refractivity contribution in [3.63, 3.8) is 0 Å². The molecule has 0 unspecified atom stereocenters. The van der Waals surface area contributed by atoms with E-state index in [1.165, 1.54) is 30.4 Å². The van der Waals surface area contributed by atoms with E-state index in [4.69, 9.17) is 4.42 Å². The van der Waals surface area contributed by atoms with Crippen LogP contribution in [0.25, 0.3) is 0 Å². The van der Waals surface area contributed by atoms with Crippen molar-refractivity contribution in [2.45, 2.75) is 39.7 Å². The first kappa shape index (κ1) is 19.6. The maximum atomic E-state index is 12.6. The molecule has 3 rings (SSSR count). The highest BCUT2D eigenvalue weighted by Gasteiger charge is 2.22. The van der Waals surface area contributed by atoms with Crippen LogP contribution in [0.5, 0.6) is 0 Å². The van der Waals surface area contributed by atoms with Gasteiger partial charge in [-0.15, -0.1) is 11.3 Å². The Morgan fingerprint density at radius 3 is 2.93 bits per heavy atom. The van der Waals surface area contributed by atoms with Gasteiger partial charge < -0.3 is 15.1 Å². The summed E-state index contributed by atoms with van der Waals surface area (Å²) >= 11 is 1.28. The van der Waals surface area contributed by atoms with E-state index in [1.54, 1.807) is 12.1 Å². The van der Waals surface area contributed by atoms with Crippen LogP contribution in [0.15, 0.2) is 28.9 Å². The standard InChI is InChI=1S/C20H27N3O3S/c1-13-6-4-8-23(12-13)15(3)11-21-20(25)18-14(2)10-17(27-18)22-19(24)16-7-5-9-26-16/h5,7,9-10,13,15H,4,6,8,11-12H2,1-3H3,(H,21,25)(H,22,24)/t13-,15+/m1/s1. The highest BCUT2D eigenvalue weighted by molar-refractivity contribution is 7.18. The fourth-order valence-corrected chi connectivity index (χ4v) is 4.41. The van der Waals surface area contributed by atoms with Crippen LogP contribution in [0.2, 0.25) is 0 Å². The number of nitrogens with zero attached hydrogens (tertiary/aromatic N) is 1. The van der Waals surface area contributed by atoms with E-state index in [2.05, 4.69) is 29.4 Å². The number of nitrogens with one attached hydrogen (secondary N) is 2. The van der Waals surface area contributed by atoms with Crippen molar-refractivity contribution in [2.75, 3.05) is 25.0 Å². The molecule has 2 amide bonds. The highest BCUT2D eigenvalue weighted by Crippen LogP contribution is 2.27. The number of anilines is 1. The topological polar surface area (TPSA) is 74.6 Å². The molecule has 1 aliphatic rings. The Balaban J connectivity index is 1.55. The first-order valence-electron chi connectivity index (χ1n) is 9.41. The van der Waals surface area contributed by atoms with Crippen LogP contribution in [0, 0.1) is 12.8 Å². The van der Waals surface area contributed by atoms with Gasteiger partial charge in [-0.2, -0.15) is 0 Å². The van der Waals surface area contributed by atoms with Gasteiger partial charge in [0, 0.05) is 19.1 Å². The van der Waals surface area contributed by atoms with Crippen molar-refractivity contribution in [2.24, 2.45) is 5.92 Å². The number of piperidine rings is 1. The molecular formula is C20H27N3O3S. The van der Waals surface area contributed by atoms with Gasteiger partial charge in [-0.1, -0.05) is 6.92 Å². The largest absolute Gasteiger partial charge is 0.459 e. The second kappa shape index (κ2) is 8.71. The van der Waals surface area contributed by atoms with Crippen molar-refractivity contribution >= 4 is 28.2 Å². The quantitative estimate of drug-likeness (QED) is 0.789. The lowest BCUT2D eigenvalue weighted by atomic mass is 9.99. The van der Waals surface area contributed by atoms with E-state index in [9.17, 15) is 9.59 Å². The lowest BCUT2D eigenvalue weighted by molar-refractivity contribution is 0.0920. The van der Waals surface area contributed by atoms with E-state index in [-0.39, 0.29) is 17.6 Å². The molecule has 0 spiro atoms. The first-order valence-corrected chi connectivity index (χ1v) is 10.2. The van der Waals surface area contributed by atoms with Crippen LogP contribution in [0.4, 0.5) is 5.00 Å². The molecule has 6 nitrogen and oxygen atoms in total. The minimum Gasteiger partial charge on any atom is -0.459 e. The summed E-state index contributed by atoms with van der Waals surface area (Å²) in [5.74, 6) is 0.558. The first-order chi connectivity index (χ1) is 12.9. The lowest BCUT2D eigenvalue weighted by Gasteiger charge is -2.35. The molecule has 1 saturated heterocycles. The maximum absolute atomic E-state index is 12.6. The fraction of sp³-hybridized carbons (Fsp3) is 0.500. The van der Waals surface area contributed by atoms with Gasteiger partial charge in [0.2, 0.25) is 0 Å². The highest BCUT2D eigenvalue weighted by atomic mass is 32.1. The maximum Gasteiger partial charge on any atom is 0.291 e. The van der Waals surface area contributed by atoms with E-state index in [1.807, 2.05) is 13.0 Å². The van der Waals surface area contributed by atoms with E-state index >= 15 is 0 Å². The molecule has 2 aromatic rings. The third-order valence-corrected chi connectivity index (χ3v) is 6.13. The molecule has 0 saturated carbocycles. The summed E-state index contributed by atoms with van der Waals surface area (Å²) in [6.07, 6.45) is 3.97. The number of aryl methyl sites for hydroxylation is 1. The Morgan fingerprint density at radius 2 is 2.22 bits per heavy atom. The Bertz CT molecular complexity index is 785. The molecule has 2 aromatic heterocycles. The summed E-state index contributed by atoms with van der Waals surface area (Å²) in [5, 5.41) is 6.46. The number of hydrogen-bond donors (Lipinski definition) is 2. The third kappa shape index (κ3) is 4.99. The van der Waals surface area contributed by atoms with Crippen molar-refractivity contribution in [1.82, 2.24) is 10.2 Å². The van der Waals surface area contributed by atoms with Crippen molar-refractivity contribution in [3.05, 3.63) is 40.7 Å². The predicted molar refractivity (Wildman–Crippen MR) is 107 cm³/mol. The number of furan rings is 1. The number of amides is 2. The predicted octanol–water partition coefficient (Wildman–Crippen LogP) is 3.75. The van der Waals surface area contributed by atoms with Gasteiger partial charge >= 0.3 is 0 Å². The molecule has 3 heterocycles. The van der Waals surface area contributed by atoms with Gasteiger partial charge in [-0.05, 0) is 62.9 Å². The molecule has 7 heteroatoms. The summed E-state index contributed by atoms with van der Waals surface area (Å²) in [6.45, 7) is 9.14. The van der Waals surface area contributed by atoms with Gasteiger partial charge in [0.15, 0.2) is 5.76 Å². The van der Waals surface area contributed by atoms with Gasteiger partial charge in [-0.25, -0.2) is 0 Å². The Morgan fingerprint density at radius 1 is 1.41 bits per heavy atom.